The zero-order valence-electron chi connectivity index (χ0n) is 10.5. The van der Waals surface area contributed by atoms with Crippen molar-refractivity contribution in [2.45, 2.75) is 25.7 Å². The summed E-state index contributed by atoms with van der Waals surface area (Å²) >= 11 is 3.64. The zero-order chi connectivity index (χ0) is 12.0. The van der Waals surface area contributed by atoms with Gasteiger partial charge in [-0.05, 0) is 31.6 Å². The van der Waals surface area contributed by atoms with Crippen molar-refractivity contribution in [3.8, 4) is 0 Å². The molecule has 0 amide bonds. The zero-order valence-corrected chi connectivity index (χ0v) is 12.0. The van der Waals surface area contributed by atoms with Gasteiger partial charge in [0.15, 0.2) is 0 Å². The molecule has 0 aromatic heterocycles. The van der Waals surface area contributed by atoms with Gasteiger partial charge in [0.2, 0.25) is 0 Å². The largest absolute Gasteiger partial charge is 0.381 e. The number of ether oxygens (including phenoxy) is 3. The first-order valence-electron chi connectivity index (χ1n) is 6.64. The van der Waals surface area contributed by atoms with Gasteiger partial charge in [0.1, 0.15) is 0 Å². The van der Waals surface area contributed by atoms with Gasteiger partial charge >= 0.3 is 0 Å². The van der Waals surface area contributed by atoms with Gasteiger partial charge in [0.05, 0.1) is 6.61 Å². The van der Waals surface area contributed by atoms with E-state index >= 15 is 0 Å². The molecule has 0 aliphatic carbocycles. The Balaban J connectivity index is 1.68. The molecule has 0 bridgehead atoms. The Labute approximate surface area is 112 Å². The van der Waals surface area contributed by atoms with E-state index in [4.69, 9.17) is 14.2 Å². The smallest absolute Gasteiger partial charge is 0.0532 e. The molecule has 0 unspecified atom stereocenters. The molecule has 0 aromatic rings. The monoisotopic (exact) mass is 306 g/mol. The number of rotatable bonds is 5. The second kappa shape index (κ2) is 7.07. The lowest BCUT2D eigenvalue weighted by Gasteiger charge is -2.35. The van der Waals surface area contributed by atoms with E-state index in [9.17, 15) is 0 Å². The van der Waals surface area contributed by atoms with Crippen molar-refractivity contribution in [2.75, 3.05) is 45.0 Å². The van der Waals surface area contributed by atoms with E-state index < -0.39 is 0 Å². The molecule has 17 heavy (non-hydrogen) atoms. The minimum atomic E-state index is 0.309. The standard InChI is InChI=1S/C13H23BrO3/c14-10-13(3-7-16-8-4-13)11-17-9-12-1-5-15-6-2-12/h12H,1-11H2. The summed E-state index contributed by atoms with van der Waals surface area (Å²) in [6.45, 7) is 5.35. The highest BCUT2D eigenvalue weighted by atomic mass is 79.9. The van der Waals surface area contributed by atoms with Crippen molar-refractivity contribution in [2.24, 2.45) is 11.3 Å². The average molecular weight is 307 g/mol. The highest BCUT2D eigenvalue weighted by Gasteiger charge is 2.32. The lowest BCUT2D eigenvalue weighted by molar-refractivity contribution is -0.0443. The topological polar surface area (TPSA) is 27.7 Å². The van der Waals surface area contributed by atoms with Crippen molar-refractivity contribution in [3.63, 3.8) is 0 Å². The van der Waals surface area contributed by atoms with Gasteiger partial charge in [-0.2, -0.15) is 0 Å². The maximum atomic E-state index is 5.97. The Bertz CT molecular complexity index is 211. The van der Waals surface area contributed by atoms with E-state index in [1.807, 2.05) is 0 Å². The molecule has 0 saturated carbocycles. The van der Waals surface area contributed by atoms with E-state index in [1.165, 1.54) is 0 Å². The molecule has 2 saturated heterocycles. The van der Waals surface area contributed by atoms with E-state index in [2.05, 4.69) is 15.9 Å². The average Bonchev–Trinajstić information content (AvgIpc) is 2.41. The number of hydrogen-bond donors (Lipinski definition) is 0. The second-order valence-corrected chi connectivity index (χ2v) is 5.88. The van der Waals surface area contributed by atoms with Crippen LogP contribution in [0.1, 0.15) is 25.7 Å². The maximum absolute atomic E-state index is 5.97. The fraction of sp³-hybridized carbons (Fsp3) is 1.00. The Kier molecular flexibility index (Phi) is 5.74. The SMILES string of the molecule is BrCC1(COCC2CCOCC2)CCOCC1. The molecule has 4 heteroatoms. The van der Waals surface area contributed by atoms with Crippen LogP contribution in [0.2, 0.25) is 0 Å². The summed E-state index contributed by atoms with van der Waals surface area (Å²) in [5.74, 6) is 0.705. The third-order valence-corrected chi connectivity index (χ3v) is 5.13. The number of hydrogen-bond acceptors (Lipinski definition) is 3. The van der Waals surface area contributed by atoms with Crippen LogP contribution in [-0.2, 0) is 14.2 Å². The Morgan fingerprint density at radius 2 is 1.71 bits per heavy atom. The highest BCUT2D eigenvalue weighted by Crippen LogP contribution is 2.33. The second-order valence-electron chi connectivity index (χ2n) is 5.32. The molecule has 0 aromatic carbocycles. The van der Waals surface area contributed by atoms with Crippen LogP contribution in [0.4, 0.5) is 0 Å². The number of alkyl halides is 1. The lowest BCUT2D eigenvalue weighted by Crippen LogP contribution is -2.36. The van der Waals surface area contributed by atoms with Crippen molar-refractivity contribution >= 4 is 15.9 Å². The third-order valence-electron chi connectivity index (χ3n) is 3.94. The molecule has 100 valence electrons. The van der Waals surface area contributed by atoms with Crippen LogP contribution >= 0.6 is 15.9 Å². The minimum Gasteiger partial charge on any atom is -0.381 e. The van der Waals surface area contributed by atoms with Crippen molar-refractivity contribution in [3.05, 3.63) is 0 Å². The predicted octanol–water partition coefficient (Wildman–Crippen LogP) is 2.62. The van der Waals surface area contributed by atoms with Crippen LogP contribution in [0.5, 0.6) is 0 Å². The lowest BCUT2D eigenvalue weighted by atomic mass is 9.83. The molecular formula is C13H23BrO3. The van der Waals surface area contributed by atoms with Crippen LogP contribution in [0, 0.1) is 11.3 Å². The Hall–Kier alpha value is 0.360. The molecule has 0 N–H and O–H groups in total. The minimum absolute atomic E-state index is 0.309. The third kappa shape index (κ3) is 4.19. The first-order valence-corrected chi connectivity index (χ1v) is 7.76. The van der Waals surface area contributed by atoms with Crippen LogP contribution in [0.25, 0.3) is 0 Å². The Morgan fingerprint density at radius 3 is 2.35 bits per heavy atom. The van der Waals surface area contributed by atoms with E-state index in [-0.39, 0.29) is 0 Å². The predicted molar refractivity (Wildman–Crippen MR) is 70.6 cm³/mol. The van der Waals surface area contributed by atoms with Gasteiger partial charge in [-0.15, -0.1) is 0 Å². The first kappa shape index (κ1) is 13.8. The molecule has 3 nitrogen and oxygen atoms in total. The van der Waals surface area contributed by atoms with Gasteiger partial charge < -0.3 is 14.2 Å². The van der Waals surface area contributed by atoms with Gasteiger partial charge in [0, 0.05) is 43.8 Å². The van der Waals surface area contributed by atoms with E-state index in [0.29, 0.717) is 11.3 Å². The van der Waals surface area contributed by atoms with Crippen LogP contribution in [-0.4, -0.2) is 45.0 Å². The number of halogens is 1. The quantitative estimate of drug-likeness (QED) is 0.731. The summed E-state index contributed by atoms with van der Waals surface area (Å²) in [6.07, 6.45) is 4.55. The molecule has 2 aliphatic rings. The summed E-state index contributed by atoms with van der Waals surface area (Å²) in [5.41, 5.74) is 0.309. The first-order chi connectivity index (χ1) is 8.35. The summed E-state index contributed by atoms with van der Waals surface area (Å²) in [4.78, 5) is 0. The van der Waals surface area contributed by atoms with Crippen molar-refractivity contribution in [1.82, 2.24) is 0 Å². The molecule has 0 radical (unpaired) electrons. The summed E-state index contributed by atoms with van der Waals surface area (Å²) in [5, 5.41) is 1.02. The van der Waals surface area contributed by atoms with Gasteiger partial charge in [-0.1, -0.05) is 15.9 Å². The summed E-state index contributed by atoms with van der Waals surface area (Å²) in [6, 6.07) is 0. The molecule has 2 fully saturated rings. The molecular weight excluding hydrogens is 284 g/mol. The van der Waals surface area contributed by atoms with E-state index in [1.54, 1.807) is 0 Å². The van der Waals surface area contributed by atoms with Crippen LogP contribution in [0.3, 0.4) is 0 Å². The molecule has 2 heterocycles. The molecule has 0 spiro atoms. The maximum Gasteiger partial charge on any atom is 0.0532 e. The molecule has 2 aliphatic heterocycles. The molecule has 0 atom stereocenters. The fourth-order valence-electron chi connectivity index (χ4n) is 2.48. The van der Waals surface area contributed by atoms with Crippen molar-refractivity contribution in [1.29, 1.82) is 0 Å². The van der Waals surface area contributed by atoms with E-state index in [0.717, 1.165) is 70.7 Å². The normalized spacial score (nSPS) is 25.9. The van der Waals surface area contributed by atoms with Gasteiger partial charge in [-0.3, -0.25) is 0 Å². The fourth-order valence-corrected chi connectivity index (χ4v) is 3.20. The van der Waals surface area contributed by atoms with Crippen LogP contribution < -0.4 is 0 Å². The highest BCUT2D eigenvalue weighted by molar-refractivity contribution is 9.09. The van der Waals surface area contributed by atoms with Gasteiger partial charge in [-0.25, -0.2) is 0 Å². The van der Waals surface area contributed by atoms with Gasteiger partial charge in [0.25, 0.3) is 0 Å². The van der Waals surface area contributed by atoms with Crippen LogP contribution in [0.15, 0.2) is 0 Å². The summed E-state index contributed by atoms with van der Waals surface area (Å²) < 4.78 is 16.8. The van der Waals surface area contributed by atoms with Crippen molar-refractivity contribution < 1.29 is 14.2 Å². The molecule has 2 rings (SSSR count). The summed E-state index contributed by atoms with van der Waals surface area (Å²) in [7, 11) is 0. The Morgan fingerprint density at radius 1 is 1.06 bits per heavy atom.